The highest BCUT2D eigenvalue weighted by atomic mass is 32.1. The summed E-state index contributed by atoms with van der Waals surface area (Å²) in [5.41, 5.74) is 1.36. The van der Waals surface area contributed by atoms with Gasteiger partial charge in [-0.1, -0.05) is 12.1 Å². The van der Waals surface area contributed by atoms with Gasteiger partial charge in [0.1, 0.15) is 23.6 Å². The van der Waals surface area contributed by atoms with Crippen LogP contribution in [0.4, 0.5) is 0 Å². The van der Waals surface area contributed by atoms with E-state index in [1.165, 1.54) is 22.2 Å². The molecule has 0 bridgehead atoms. The van der Waals surface area contributed by atoms with Crippen LogP contribution in [0.25, 0.3) is 20.7 Å². The van der Waals surface area contributed by atoms with Crippen molar-refractivity contribution in [3.05, 3.63) is 71.3 Å². The van der Waals surface area contributed by atoms with Crippen LogP contribution in [0.5, 0.6) is 17.2 Å². The van der Waals surface area contributed by atoms with Crippen molar-refractivity contribution in [1.29, 1.82) is 0 Å². The topological polar surface area (TPSA) is 82.9 Å². The molecule has 1 atom stereocenters. The highest BCUT2D eigenvalue weighted by Gasteiger charge is 2.24. The van der Waals surface area contributed by atoms with Gasteiger partial charge in [0.05, 0.1) is 25.5 Å². The van der Waals surface area contributed by atoms with Gasteiger partial charge in [-0.05, 0) is 48.0 Å². The van der Waals surface area contributed by atoms with E-state index in [0.29, 0.717) is 34.9 Å². The number of likely N-dealkylation sites (N-methyl/N-ethyl adjacent to an activating group) is 1. The SMILES string of the molecule is COc1ccc(-c2cc3ncn(CC(=O)N(C)CC4COc5ccccc5O4)c(=O)c3s2)cc1. The lowest BCUT2D eigenvalue weighted by molar-refractivity contribution is -0.132. The summed E-state index contributed by atoms with van der Waals surface area (Å²) in [5.74, 6) is 1.92. The monoisotopic (exact) mass is 477 g/mol. The van der Waals surface area contributed by atoms with Crippen molar-refractivity contribution in [3.63, 3.8) is 0 Å². The second kappa shape index (κ2) is 9.18. The Bertz CT molecular complexity index is 1400. The summed E-state index contributed by atoms with van der Waals surface area (Å²) in [6, 6.07) is 17.0. The van der Waals surface area contributed by atoms with E-state index in [0.717, 1.165) is 16.2 Å². The van der Waals surface area contributed by atoms with Crippen molar-refractivity contribution in [2.24, 2.45) is 0 Å². The molecule has 0 fully saturated rings. The molecule has 1 amide bonds. The second-order valence-corrected chi connectivity index (χ2v) is 9.06. The van der Waals surface area contributed by atoms with Crippen molar-refractivity contribution in [2.75, 3.05) is 27.3 Å². The lowest BCUT2D eigenvalue weighted by Gasteiger charge is -2.29. The number of benzene rings is 2. The van der Waals surface area contributed by atoms with Crippen LogP contribution in [0.1, 0.15) is 0 Å². The van der Waals surface area contributed by atoms with Crippen LogP contribution in [-0.4, -0.2) is 53.8 Å². The number of ether oxygens (including phenoxy) is 3. The number of hydrogen-bond acceptors (Lipinski definition) is 7. The van der Waals surface area contributed by atoms with Gasteiger partial charge < -0.3 is 19.1 Å². The van der Waals surface area contributed by atoms with Gasteiger partial charge in [0, 0.05) is 11.9 Å². The lowest BCUT2D eigenvalue weighted by atomic mass is 10.2. The largest absolute Gasteiger partial charge is 0.497 e. The molecule has 0 radical (unpaired) electrons. The predicted octanol–water partition coefficient (Wildman–Crippen LogP) is 3.43. The number of rotatable bonds is 6. The molecule has 4 aromatic rings. The van der Waals surface area contributed by atoms with Gasteiger partial charge in [0.15, 0.2) is 17.6 Å². The van der Waals surface area contributed by atoms with E-state index in [4.69, 9.17) is 14.2 Å². The molecule has 5 rings (SSSR count). The van der Waals surface area contributed by atoms with E-state index in [2.05, 4.69) is 4.98 Å². The Balaban J connectivity index is 1.29. The highest BCUT2D eigenvalue weighted by molar-refractivity contribution is 7.22. The van der Waals surface area contributed by atoms with Crippen LogP contribution in [0.3, 0.4) is 0 Å². The molecule has 1 aliphatic heterocycles. The number of methoxy groups -OCH3 is 1. The number of nitrogens with zero attached hydrogens (tertiary/aromatic N) is 3. The fraction of sp³-hybridized carbons (Fsp3) is 0.240. The van der Waals surface area contributed by atoms with Crippen molar-refractivity contribution in [3.8, 4) is 27.7 Å². The number of carbonyl (C=O) groups excluding carboxylic acids is 1. The predicted molar refractivity (Wildman–Crippen MR) is 130 cm³/mol. The number of thiophene rings is 1. The van der Waals surface area contributed by atoms with Gasteiger partial charge in [-0.2, -0.15) is 0 Å². The summed E-state index contributed by atoms with van der Waals surface area (Å²) in [7, 11) is 3.31. The minimum absolute atomic E-state index is 0.0990. The average Bonchev–Trinajstić information content (AvgIpc) is 3.31. The Labute approximate surface area is 199 Å². The van der Waals surface area contributed by atoms with Crippen molar-refractivity contribution in [1.82, 2.24) is 14.5 Å². The first-order valence-electron chi connectivity index (χ1n) is 10.8. The quantitative estimate of drug-likeness (QED) is 0.423. The molecule has 34 heavy (non-hydrogen) atoms. The molecule has 0 N–H and O–H groups in total. The van der Waals surface area contributed by atoms with Crippen LogP contribution in [0, 0.1) is 0 Å². The number of amides is 1. The zero-order valence-corrected chi connectivity index (χ0v) is 19.6. The zero-order valence-electron chi connectivity index (χ0n) is 18.8. The third-order valence-corrected chi connectivity index (χ3v) is 6.82. The molecule has 0 saturated carbocycles. The minimum atomic E-state index is -0.287. The van der Waals surface area contributed by atoms with Gasteiger partial charge in [0.25, 0.3) is 5.56 Å². The van der Waals surface area contributed by atoms with Crippen LogP contribution < -0.4 is 19.8 Å². The molecule has 1 aliphatic rings. The maximum Gasteiger partial charge on any atom is 0.271 e. The molecule has 9 heteroatoms. The molecule has 1 unspecified atom stereocenters. The molecule has 0 saturated heterocycles. The first-order chi connectivity index (χ1) is 16.5. The maximum absolute atomic E-state index is 13.1. The molecule has 0 spiro atoms. The molecule has 2 aromatic carbocycles. The Morgan fingerprint density at radius 1 is 1.21 bits per heavy atom. The Hall–Kier alpha value is -3.85. The number of para-hydroxylation sites is 2. The molecular formula is C25H23N3O5S. The molecule has 8 nitrogen and oxygen atoms in total. The average molecular weight is 478 g/mol. The van der Waals surface area contributed by atoms with Crippen LogP contribution in [0.15, 0.2) is 65.7 Å². The summed E-state index contributed by atoms with van der Waals surface area (Å²) in [6.07, 6.45) is 1.14. The van der Waals surface area contributed by atoms with E-state index in [1.54, 1.807) is 19.1 Å². The fourth-order valence-corrected chi connectivity index (χ4v) is 4.85. The zero-order chi connectivity index (χ0) is 23.7. The molecule has 2 aromatic heterocycles. The number of hydrogen-bond donors (Lipinski definition) is 0. The Morgan fingerprint density at radius 3 is 2.74 bits per heavy atom. The highest BCUT2D eigenvalue weighted by Crippen LogP contribution is 2.32. The molecule has 3 heterocycles. The van der Waals surface area contributed by atoms with Crippen molar-refractivity contribution in [2.45, 2.75) is 12.6 Å². The first kappa shape index (κ1) is 22.0. The third kappa shape index (κ3) is 4.34. The van der Waals surface area contributed by atoms with E-state index >= 15 is 0 Å². The minimum Gasteiger partial charge on any atom is -0.497 e. The van der Waals surface area contributed by atoms with Crippen molar-refractivity contribution < 1.29 is 19.0 Å². The van der Waals surface area contributed by atoms with Crippen molar-refractivity contribution >= 4 is 27.5 Å². The summed E-state index contributed by atoms with van der Waals surface area (Å²) < 4.78 is 18.7. The van der Waals surface area contributed by atoms with Gasteiger partial charge in [-0.15, -0.1) is 11.3 Å². The summed E-state index contributed by atoms with van der Waals surface area (Å²) in [4.78, 5) is 32.8. The van der Waals surface area contributed by atoms with Gasteiger partial charge in [0.2, 0.25) is 5.91 Å². The van der Waals surface area contributed by atoms with E-state index in [9.17, 15) is 9.59 Å². The summed E-state index contributed by atoms with van der Waals surface area (Å²) in [5, 5.41) is 0. The van der Waals surface area contributed by atoms with Crippen LogP contribution >= 0.6 is 11.3 Å². The second-order valence-electron chi connectivity index (χ2n) is 8.00. The molecular weight excluding hydrogens is 454 g/mol. The van der Waals surface area contributed by atoms with E-state index in [1.807, 2.05) is 54.6 Å². The smallest absolute Gasteiger partial charge is 0.271 e. The van der Waals surface area contributed by atoms with E-state index < -0.39 is 0 Å². The van der Waals surface area contributed by atoms with Gasteiger partial charge >= 0.3 is 0 Å². The van der Waals surface area contributed by atoms with Crippen LogP contribution in [-0.2, 0) is 11.3 Å². The normalized spacial score (nSPS) is 14.7. The third-order valence-electron chi connectivity index (χ3n) is 5.65. The number of fused-ring (bicyclic) bond motifs is 2. The summed E-state index contributed by atoms with van der Waals surface area (Å²) >= 11 is 1.36. The lowest BCUT2D eigenvalue weighted by Crippen LogP contribution is -2.43. The summed E-state index contributed by atoms with van der Waals surface area (Å²) in [6.45, 7) is 0.599. The molecule has 174 valence electrons. The van der Waals surface area contributed by atoms with Gasteiger partial charge in [-0.25, -0.2) is 4.98 Å². The van der Waals surface area contributed by atoms with E-state index in [-0.39, 0.29) is 24.1 Å². The fourth-order valence-electron chi connectivity index (χ4n) is 3.78. The van der Waals surface area contributed by atoms with Gasteiger partial charge in [-0.3, -0.25) is 14.2 Å². The number of aromatic nitrogens is 2. The van der Waals surface area contributed by atoms with Crippen LogP contribution in [0.2, 0.25) is 0 Å². The first-order valence-corrected chi connectivity index (χ1v) is 11.6. The number of carbonyl (C=O) groups is 1. The standard InChI is InChI=1S/C25H23N3O5S/c1-27(12-18-14-32-20-5-3-4-6-21(20)33-18)23(29)13-28-15-26-19-11-22(34-24(19)25(28)30)16-7-9-17(31-2)10-8-16/h3-11,15,18H,12-14H2,1-2H3. The Kier molecular flexibility index (Phi) is 5.93. The maximum atomic E-state index is 13.1. The Morgan fingerprint density at radius 2 is 1.97 bits per heavy atom. The molecule has 0 aliphatic carbocycles.